The van der Waals surface area contributed by atoms with Crippen LogP contribution in [0.15, 0.2) is 0 Å². The molecule has 35 heavy (non-hydrogen) atoms. The molecule has 1 saturated heterocycles. The zero-order valence-corrected chi connectivity index (χ0v) is 23.4. The average Bonchev–Trinajstić information content (AvgIpc) is 2.79. The molecule has 0 aromatic carbocycles. The molecular formula is C29H54N4O2. The van der Waals surface area contributed by atoms with Crippen LogP contribution in [0.2, 0.25) is 0 Å². The van der Waals surface area contributed by atoms with Gasteiger partial charge in [0.05, 0.1) is 12.2 Å². The van der Waals surface area contributed by atoms with Gasteiger partial charge in [-0.3, -0.25) is 4.90 Å². The first-order valence-corrected chi connectivity index (χ1v) is 14.6. The van der Waals surface area contributed by atoms with E-state index in [0.717, 1.165) is 56.2 Å². The van der Waals surface area contributed by atoms with E-state index in [9.17, 15) is 5.11 Å². The van der Waals surface area contributed by atoms with E-state index in [-0.39, 0.29) is 5.88 Å². The standard InChI is InChI=1S/C18H35NO.C11H19N3O/c1-16-14-19(15-17(2)20-16)18-12-10-8-6-4-3-5-7-9-11-13-18;1-4-6-7-9-8(3)13-11(12-5-2)14-10(9)15/h16-18H,3-15H2,1-2H3;4-7H2,1-3H3,(H2,12,13,14,15). The molecule has 2 atom stereocenters. The van der Waals surface area contributed by atoms with Crippen molar-refractivity contribution in [2.24, 2.45) is 0 Å². The van der Waals surface area contributed by atoms with Crippen LogP contribution in [0, 0.1) is 6.92 Å². The molecule has 0 bridgehead atoms. The molecule has 0 amide bonds. The molecule has 1 aliphatic heterocycles. The zero-order valence-electron chi connectivity index (χ0n) is 23.4. The molecule has 1 saturated carbocycles. The van der Waals surface area contributed by atoms with Gasteiger partial charge in [-0.1, -0.05) is 71.1 Å². The minimum atomic E-state index is 0.118. The third-order valence-corrected chi connectivity index (χ3v) is 7.35. The van der Waals surface area contributed by atoms with E-state index < -0.39 is 0 Å². The Labute approximate surface area is 215 Å². The molecule has 2 fully saturated rings. The van der Waals surface area contributed by atoms with Gasteiger partial charge in [-0.2, -0.15) is 4.98 Å². The number of rotatable bonds is 6. The summed E-state index contributed by atoms with van der Waals surface area (Å²) < 4.78 is 5.90. The van der Waals surface area contributed by atoms with Crippen molar-refractivity contribution >= 4 is 5.95 Å². The summed E-state index contributed by atoms with van der Waals surface area (Å²) in [5.74, 6) is 0.625. The summed E-state index contributed by atoms with van der Waals surface area (Å²) in [6.45, 7) is 13.5. The lowest BCUT2D eigenvalue weighted by Gasteiger charge is -2.40. The topological polar surface area (TPSA) is 70.5 Å². The van der Waals surface area contributed by atoms with Gasteiger partial charge in [0.15, 0.2) is 0 Å². The summed E-state index contributed by atoms with van der Waals surface area (Å²) in [5.41, 5.74) is 1.74. The van der Waals surface area contributed by atoms with Crippen LogP contribution >= 0.6 is 0 Å². The molecule has 1 aliphatic carbocycles. The fraction of sp³-hybridized carbons (Fsp3) is 0.862. The molecule has 0 radical (unpaired) electrons. The molecular weight excluding hydrogens is 436 g/mol. The first-order chi connectivity index (χ1) is 16.9. The van der Waals surface area contributed by atoms with Crippen LogP contribution in [0.3, 0.4) is 0 Å². The van der Waals surface area contributed by atoms with Crippen molar-refractivity contribution in [1.82, 2.24) is 14.9 Å². The molecule has 0 spiro atoms. The van der Waals surface area contributed by atoms with Gasteiger partial charge in [0, 0.05) is 36.9 Å². The maximum absolute atomic E-state index is 9.73. The second-order valence-corrected chi connectivity index (χ2v) is 10.7. The Hall–Kier alpha value is -1.40. The van der Waals surface area contributed by atoms with E-state index in [0.29, 0.717) is 18.2 Å². The third kappa shape index (κ3) is 11.5. The highest BCUT2D eigenvalue weighted by Crippen LogP contribution is 2.24. The van der Waals surface area contributed by atoms with E-state index in [4.69, 9.17) is 4.74 Å². The van der Waals surface area contributed by atoms with Crippen LogP contribution in [0.1, 0.15) is 122 Å². The van der Waals surface area contributed by atoms with E-state index >= 15 is 0 Å². The number of anilines is 1. The maximum atomic E-state index is 9.73. The van der Waals surface area contributed by atoms with Crippen LogP contribution in [0.25, 0.3) is 0 Å². The lowest BCUT2D eigenvalue weighted by atomic mass is 9.96. The van der Waals surface area contributed by atoms with Crippen molar-refractivity contribution in [1.29, 1.82) is 0 Å². The van der Waals surface area contributed by atoms with Crippen molar-refractivity contribution < 1.29 is 9.84 Å². The summed E-state index contributed by atoms with van der Waals surface area (Å²) in [6, 6.07) is 0.822. The number of nitrogens with zero attached hydrogens (tertiary/aromatic N) is 3. The smallest absolute Gasteiger partial charge is 0.226 e. The van der Waals surface area contributed by atoms with Crippen molar-refractivity contribution in [2.45, 2.75) is 143 Å². The Morgan fingerprint density at radius 1 is 0.886 bits per heavy atom. The minimum absolute atomic E-state index is 0.118. The lowest BCUT2D eigenvalue weighted by molar-refractivity contribution is -0.0825. The van der Waals surface area contributed by atoms with E-state index in [1.807, 2.05) is 13.8 Å². The molecule has 202 valence electrons. The molecule has 6 heteroatoms. The third-order valence-electron chi connectivity index (χ3n) is 7.35. The number of morpholine rings is 1. The van der Waals surface area contributed by atoms with Crippen LogP contribution in [0.5, 0.6) is 5.88 Å². The number of aryl methyl sites for hydroxylation is 1. The van der Waals surface area contributed by atoms with Crippen molar-refractivity contribution in [3.63, 3.8) is 0 Å². The Kier molecular flexibility index (Phi) is 14.6. The first-order valence-electron chi connectivity index (χ1n) is 14.6. The van der Waals surface area contributed by atoms with Crippen LogP contribution < -0.4 is 5.32 Å². The van der Waals surface area contributed by atoms with E-state index in [1.54, 1.807) is 0 Å². The molecule has 6 nitrogen and oxygen atoms in total. The molecule has 2 aliphatic rings. The SMILES string of the molecule is CC1CN(C2CCCCCCCCCCC2)CC(C)O1.CCCCc1c(C)nc(NCC)nc1O. The van der Waals surface area contributed by atoms with E-state index in [2.05, 4.69) is 41.0 Å². The number of unbranched alkanes of at least 4 members (excludes halogenated alkanes) is 1. The molecule has 3 rings (SSSR count). The minimum Gasteiger partial charge on any atom is -0.493 e. The van der Waals surface area contributed by atoms with Crippen molar-refractivity contribution in [3.05, 3.63) is 11.3 Å². The molecule has 2 N–H and O–H groups in total. The second-order valence-electron chi connectivity index (χ2n) is 10.7. The molecule has 1 aromatic rings. The zero-order chi connectivity index (χ0) is 25.5. The maximum Gasteiger partial charge on any atom is 0.226 e. The Morgan fingerprint density at radius 2 is 1.43 bits per heavy atom. The monoisotopic (exact) mass is 490 g/mol. The average molecular weight is 491 g/mol. The highest BCUT2D eigenvalue weighted by atomic mass is 16.5. The molecule has 1 aromatic heterocycles. The highest BCUT2D eigenvalue weighted by molar-refractivity contribution is 5.37. The van der Waals surface area contributed by atoms with Crippen molar-refractivity contribution in [2.75, 3.05) is 25.0 Å². The lowest BCUT2D eigenvalue weighted by Crippen LogP contribution is -2.50. The fourth-order valence-electron chi connectivity index (χ4n) is 5.49. The van der Waals surface area contributed by atoms with Gasteiger partial charge in [0.25, 0.3) is 0 Å². The predicted octanol–water partition coefficient (Wildman–Crippen LogP) is 7.03. The number of ether oxygens (including phenoxy) is 1. The molecule has 2 unspecified atom stereocenters. The molecule has 2 heterocycles. The first kappa shape index (κ1) is 29.8. The second kappa shape index (κ2) is 17.1. The van der Waals surface area contributed by atoms with Gasteiger partial charge in [-0.25, -0.2) is 4.98 Å². The van der Waals surface area contributed by atoms with Gasteiger partial charge in [0.2, 0.25) is 11.8 Å². The number of hydrogen-bond donors (Lipinski definition) is 2. The largest absolute Gasteiger partial charge is 0.493 e. The summed E-state index contributed by atoms with van der Waals surface area (Å²) in [6.07, 6.45) is 19.8. The van der Waals surface area contributed by atoms with E-state index in [1.165, 1.54) is 70.6 Å². The summed E-state index contributed by atoms with van der Waals surface area (Å²) >= 11 is 0. The quantitative estimate of drug-likeness (QED) is 0.446. The predicted molar refractivity (Wildman–Crippen MR) is 147 cm³/mol. The number of aromatic nitrogens is 2. The van der Waals surface area contributed by atoms with Crippen LogP contribution in [-0.2, 0) is 11.2 Å². The summed E-state index contributed by atoms with van der Waals surface area (Å²) in [7, 11) is 0. The van der Waals surface area contributed by atoms with Crippen LogP contribution in [0.4, 0.5) is 5.95 Å². The van der Waals surface area contributed by atoms with Crippen LogP contribution in [-0.4, -0.2) is 57.9 Å². The Balaban J connectivity index is 0.000000258. The summed E-state index contributed by atoms with van der Waals surface area (Å²) in [5, 5.41) is 12.7. The van der Waals surface area contributed by atoms with Gasteiger partial charge < -0.3 is 15.2 Å². The van der Waals surface area contributed by atoms with Gasteiger partial charge in [-0.15, -0.1) is 0 Å². The number of hydrogen-bond acceptors (Lipinski definition) is 6. The summed E-state index contributed by atoms with van der Waals surface area (Å²) in [4.78, 5) is 11.0. The van der Waals surface area contributed by atoms with Gasteiger partial charge in [-0.05, 0) is 53.4 Å². The van der Waals surface area contributed by atoms with Gasteiger partial charge >= 0.3 is 0 Å². The Morgan fingerprint density at radius 3 is 1.91 bits per heavy atom. The number of aromatic hydroxyl groups is 1. The Bertz CT molecular complexity index is 654. The highest BCUT2D eigenvalue weighted by Gasteiger charge is 2.27. The van der Waals surface area contributed by atoms with Gasteiger partial charge in [0.1, 0.15) is 0 Å². The normalized spacial score (nSPS) is 23.5. The number of nitrogens with one attached hydrogen (secondary N) is 1. The van der Waals surface area contributed by atoms with Crippen molar-refractivity contribution in [3.8, 4) is 5.88 Å². The fourth-order valence-corrected chi connectivity index (χ4v) is 5.49.